The molecule has 0 saturated carbocycles. The minimum Gasteiger partial charge on any atom is -0.382 e. The number of nitrogens with zero attached hydrogens (tertiary/aromatic N) is 2. The largest absolute Gasteiger partial charge is 0.382 e. The third kappa shape index (κ3) is 2.95. The van der Waals surface area contributed by atoms with Crippen molar-refractivity contribution in [3.8, 4) is 0 Å². The molecule has 0 radical (unpaired) electrons. The van der Waals surface area contributed by atoms with Crippen molar-refractivity contribution in [2.75, 3.05) is 5.73 Å². The van der Waals surface area contributed by atoms with E-state index in [1.54, 1.807) is 6.20 Å². The summed E-state index contributed by atoms with van der Waals surface area (Å²) in [6, 6.07) is 6.98. The molecule has 92 valence electrons. The van der Waals surface area contributed by atoms with Gasteiger partial charge >= 0.3 is 0 Å². The van der Waals surface area contributed by atoms with E-state index in [4.69, 9.17) is 17.3 Å². The van der Waals surface area contributed by atoms with Crippen molar-refractivity contribution >= 4 is 23.3 Å². The van der Waals surface area contributed by atoms with Gasteiger partial charge in [0.05, 0.1) is 22.8 Å². The van der Waals surface area contributed by atoms with Crippen LogP contribution >= 0.6 is 11.6 Å². The molecule has 0 saturated heterocycles. The van der Waals surface area contributed by atoms with Crippen LogP contribution in [-0.4, -0.2) is 15.9 Å². The molecule has 2 heterocycles. The highest BCUT2D eigenvalue weighted by Gasteiger charge is 2.08. The number of nitrogens with two attached hydrogens (primary N) is 1. The second kappa shape index (κ2) is 5.46. The molecule has 0 fully saturated rings. The third-order valence-electron chi connectivity index (χ3n) is 2.29. The van der Waals surface area contributed by atoms with Gasteiger partial charge in [0.15, 0.2) is 0 Å². The molecule has 0 aliphatic carbocycles. The molecule has 5 nitrogen and oxygen atoms in total. The van der Waals surface area contributed by atoms with E-state index in [-0.39, 0.29) is 16.7 Å². The van der Waals surface area contributed by atoms with Gasteiger partial charge in [-0.2, -0.15) is 0 Å². The average Bonchev–Trinajstić information content (AvgIpc) is 2.40. The van der Waals surface area contributed by atoms with Crippen molar-refractivity contribution in [3.63, 3.8) is 0 Å². The molecule has 2 aromatic heterocycles. The summed E-state index contributed by atoms with van der Waals surface area (Å²) < 4.78 is 0. The van der Waals surface area contributed by atoms with Crippen molar-refractivity contribution < 1.29 is 4.79 Å². The minimum absolute atomic E-state index is 0.206. The summed E-state index contributed by atoms with van der Waals surface area (Å²) in [5.41, 5.74) is 6.61. The van der Waals surface area contributed by atoms with Crippen LogP contribution < -0.4 is 11.1 Å². The molecule has 2 aromatic rings. The normalized spacial score (nSPS) is 10.1. The van der Waals surface area contributed by atoms with Crippen molar-refractivity contribution in [1.29, 1.82) is 0 Å². The standard InChI is InChI=1S/C12H11ClN4O/c13-10-5-8(6-16-11(10)14)12(18)17-7-9-3-1-2-4-15-9/h1-6H,7H2,(H2,14,16)(H,17,18). The number of halogens is 1. The first-order chi connectivity index (χ1) is 8.66. The first kappa shape index (κ1) is 12.3. The van der Waals surface area contributed by atoms with Crippen molar-refractivity contribution in [3.05, 3.63) is 52.9 Å². The van der Waals surface area contributed by atoms with Gasteiger partial charge in [0.25, 0.3) is 5.91 Å². The fraction of sp³-hybridized carbons (Fsp3) is 0.0833. The maximum absolute atomic E-state index is 11.8. The average molecular weight is 263 g/mol. The van der Waals surface area contributed by atoms with Gasteiger partial charge in [-0.25, -0.2) is 4.98 Å². The number of rotatable bonds is 3. The summed E-state index contributed by atoms with van der Waals surface area (Å²) >= 11 is 5.80. The summed E-state index contributed by atoms with van der Waals surface area (Å²) in [6.45, 7) is 0.349. The molecule has 1 amide bonds. The summed E-state index contributed by atoms with van der Waals surface area (Å²) in [6.07, 6.45) is 3.05. The minimum atomic E-state index is -0.268. The number of amides is 1. The van der Waals surface area contributed by atoms with E-state index in [0.29, 0.717) is 12.1 Å². The molecule has 18 heavy (non-hydrogen) atoms. The van der Waals surface area contributed by atoms with Crippen LogP contribution in [0.5, 0.6) is 0 Å². The van der Waals surface area contributed by atoms with Crippen LogP contribution in [0.25, 0.3) is 0 Å². The molecule has 0 unspecified atom stereocenters. The maximum atomic E-state index is 11.8. The Morgan fingerprint density at radius 3 is 2.89 bits per heavy atom. The van der Waals surface area contributed by atoms with Gasteiger partial charge in [-0.15, -0.1) is 0 Å². The lowest BCUT2D eigenvalue weighted by Gasteiger charge is -2.05. The first-order valence-corrected chi connectivity index (χ1v) is 5.64. The topological polar surface area (TPSA) is 80.9 Å². The van der Waals surface area contributed by atoms with Gasteiger partial charge in [-0.05, 0) is 18.2 Å². The zero-order valence-corrected chi connectivity index (χ0v) is 10.2. The molecule has 0 aromatic carbocycles. The first-order valence-electron chi connectivity index (χ1n) is 5.26. The zero-order chi connectivity index (χ0) is 13.0. The van der Waals surface area contributed by atoms with E-state index in [1.807, 2.05) is 18.2 Å². The number of hydrogen-bond acceptors (Lipinski definition) is 4. The van der Waals surface area contributed by atoms with Crippen LogP contribution in [0.4, 0.5) is 5.82 Å². The van der Waals surface area contributed by atoms with Crippen molar-refractivity contribution in [1.82, 2.24) is 15.3 Å². The number of nitrogens with one attached hydrogen (secondary N) is 1. The van der Waals surface area contributed by atoms with Crippen LogP contribution in [0, 0.1) is 0 Å². The Morgan fingerprint density at radius 1 is 1.39 bits per heavy atom. The van der Waals surface area contributed by atoms with Crippen LogP contribution in [0.3, 0.4) is 0 Å². The highest BCUT2D eigenvalue weighted by atomic mass is 35.5. The van der Waals surface area contributed by atoms with Crippen LogP contribution in [0.15, 0.2) is 36.7 Å². The van der Waals surface area contributed by atoms with Gasteiger partial charge in [-0.3, -0.25) is 9.78 Å². The molecule has 0 aliphatic heterocycles. The molecule has 0 spiro atoms. The number of aromatic nitrogens is 2. The van der Waals surface area contributed by atoms with E-state index < -0.39 is 0 Å². The molecular weight excluding hydrogens is 252 g/mol. The quantitative estimate of drug-likeness (QED) is 0.881. The lowest BCUT2D eigenvalue weighted by atomic mass is 10.2. The fourth-order valence-corrected chi connectivity index (χ4v) is 1.51. The number of hydrogen-bond donors (Lipinski definition) is 2. The number of pyridine rings is 2. The van der Waals surface area contributed by atoms with E-state index >= 15 is 0 Å². The van der Waals surface area contributed by atoms with E-state index in [2.05, 4.69) is 15.3 Å². The second-order valence-electron chi connectivity index (χ2n) is 3.59. The molecule has 2 rings (SSSR count). The predicted molar refractivity (Wildman–Crippen MR) is 69.1 cm³/mol. The van der Waals surface area contributed by atoms with Crippen molar-refractivity contribution in [2.45, 2.75) is 6.54 Å². The molecule has 0 aliphatic rings. The maximum Gasteiger partial charge on any atom is 0.253 e. The van der Waals surface area contributed by atoms with Gasteiger partial charge in [-0.1, -0.05) is 17.7 Å². The van der Waals surface area contributed by atoms with Crippen LogP contribution in [0.1, 0.15) is 16.1 Å². The van der Waals surface area contributed by atoms with Gasteiger partial charge < -0.3 is 11.1 Å². The summed E-state index contributed by atoms with van der Waals surface area (Å²) in [4.78, 5) is 19.7. The fourth-order valence-electron chi connectivity index (χ4n) is 1.35. The van der Waals surface area contributed by atoms with Crippen LogP contribution in [-0.2, 0) is 6.54 Å². The summed E-state index contributed by atoms with van der Waals surface area (Å²) in [5, 5.41) is 2.99. The molecule has 0 bridgehead atoms. The Hall–Kier alpha value is -2.14. The monoisotopic (exact) mass is 262 g/mol. The Balaban J connectivity index is 2.02. The molecular formula is C12H11ClN4O. The SMILES string of the molecule is Nc1ncc(C(=O)NCc2ccccn2)cc1Cl. The smallest absolute Gasteiger partial charge is 0.253 e. The highest BCUT2D eigenvalue weighted by Crippen LogP contribution is 2.16. The van der Waals surface area contributed by atoms with Crippen LogP contribution in [0.2, 0.25) is 5.02 Å². The van der Waals surface area contributed by atoms with E-state index in [1.165, 1.54) is 12.3 Å². The molecule has 0 atom stereocenters. The Bertz CT molecular complexity index is 559. The zero-order valence-electron chi connectivity index (χ0n) is 9.43. The Kier molecular flexibility index (Phi) is 3.74. The highest BCUT2D eigenvalue weighted by molar-refractivity contribution is 6.33. The summed E-state index contributed by atoms with van der Waals surface area (Å²) in [7, 11) is 0. The van der Waals surface area contributed by atoms with E-state index in [0.717, 1.165) is 5.69 Å². The van der Waals surface area contributed by atoms with Gasteiger partial charge in [0.1, 0.15) is 5.82 Å². The summed E-state index contributed by atoms with van der Waals surface area (Å²) in [5.74, 6) is -0.0620. The van der Waals surface area contributed by atoms with Gasteiger partial charge in [0, 0.05) is 12.4 Å². The van der Waals surface area contributed by atoms with E-state index in [9.17, 15) is 4.79 Å². The predicted octanol–water partition coefficient (Wildman–Crippen LogP) is 1.64. The lowest BCUT2D eigenvalue weighted by molar-refractivity contribution is 0.0950. The number of carbonyl (C=O) groups excluding carboxylic acids is 1. The van der Waals surface area contributed by atoms with Gasteiger partial charge in [0.2, 0.25) is 0 Å². The lowest BCUT2D eigenvalue weighted by Crippen LogP contribution is -2.23. The third-order valence-corrected chi connectivity index (χ3v) is 2.59. The number of nitrogen functional groups attached to an aromatic ring is 1. The molecule has 6 heteroatoms. The van der Waals surface area contributed by atoms with Crippen molar-refractivity contribution in [2.24, 2.45) is 0 Å². The Labute approximate surface area is 109 Å². The molecule has 3 N–H and O–H groups in total. The number of anilines is 1. The Morgan fingerprint density at radius 2 is 2.22 bits per heavy atom. The second-order valence-corrected chi connectivity index (χ2v) is 4.00. The number of carbonyl (C=O) groups is 1.